The number of anilines is 1. The van der Waals surface area contributed by atoms with E-state index in [4.69, 9.17) is 5.11 Å². The van der Waals surface area contributed by atoms with Crippen molar-refractivity contribution in [2.24, 2.45) is 0 Å². The number of halogens is 3. The van der Waals surface area contributed by atoms with Crippen LogP contribution in [0, 0.1) is 0 Å². The van der Waals surface area contributed by atoms with Crippen molar-refractivity contribution in [3.8, 4) is 0 Å². The summed E-state index contributed by atoms with van der Waals surface area (Å²) in [4.78, 5) is 11.2. The van der Waals surface area contributed by atoms with Crippen molar-refractivity contribution in [2.75, 3.05) is 30.8 Å². The first-order valence-corrected chi connectivity index (χ1v) is 17.1. The van der Waals surface area contributed by atoms with Crippen LogP contribution in [0.25, 0.3) is 0 Å². The molecule has 3 aromatic rings. The quantitative estimate of drug-likeness (QED) is 0.130. The average molecular weight is 660 g/mol. The molecule has 9 nitrogen and oxygen atoms in total. The van der Waals surface area contributed by atoms with Gasteiger partial charge in [0.25, 0.3) is 25.8 Å². The molecule has 1 amide bonds. The van der Waals surface area contributed by atoms with Gasteiger partial charge in [-0.3, -0.25) is 4.79 Å². The Morgan fingerprint density at radius 3 is 2.14 bits per heavy atom. The molecule has 0 aliphatic rings. The van der Waals surface area contributed by atoms with Crippen LogP contribution in [0.1, 0.15) is 29.6 Å². The smallest absolute Gasteiger partial charge is 0.396 e. The van der Waals surface area contributed by atoms with E-state index in [9.17, 15) is 34.8 Å². The average Bonchev–Trinajstić information content (AvgIpc) is 2.97. The fraction of sp³-hybridized carbons (Fsp3) is 0.321. The van der Waals surface area contributed by atoms with E-state index in [2.05, 4.69) is 10.6 Å². The second kappa shape index (κ2) is 15.6. The number of benzene rings is 3. The van der Waals surface area contributed by atoms with Crippen LogP contribution in [0.2, 0.25) is 0 Å². The third-order valence-corrected chi connectivity index (χ3v) is 10.1. The number of alkyl halides is 3. The van der Waals surface area contributed by atoms with Crippen molar-refractivity contribution in [3.63, 3.8) is 0 Å². The Hall–Kier alpha value is -3.11. The number of carbonyl (C=O) groups excluding carboxylic acids is 1. The Kier molecular flexibility index (Phi) is 12.4. The first-order valence-electron chi connectivity index (χ1n) is 13.2. The van der Waals surface area contributed by atoms with Gasteiger partial charge in [-0.15, -0.1) is 11.8 Å². The van der Waals surface area contributed by atoms with Gasteiger partial charge in [-0.1, -0.05) is 36.4 Å². The predicted octanol–water partition coefficient (Wildman–Crippen LogP) is 4.42. The summed E-state index contributed by atoms with van der Waals surface area (Å²) >= 11 is 1.42. The lowest BCUT2D eigenvalue weighted by molar-refractivity contribution is -0.0435. The lowest BCUT2D eigenvalue weighted by Crippen LogP contribution is -2.31. The van der Waals surface area contributed by atoms with Crippen LogP contribution in [-0.2, 0) is 19.9 Å². The van der Waals surface area contributed by atoms with E-state index in [0.29, 0.717) is 44.2 Å². The molecular weight excluding hydrogens is 628 g/mol. The molecule has 4 N–H and O–H groups in total. The molecule has 0 aliphatic heterocycles. The number of carbonyl (C=O) groups is 1. The summed E-state index contributed by atoms with van der Waals surface area (Å²) in [5, 5.41) is 15.0. The SMILES string of the molecule is O=C(NS(=O)(=O)c1ccc(N[C@H](CCCNCCCO)CSc2ccccc2)c(S(=O)(=O)C(F)(F)F)c1)c1ccccc1. The van der Waals surface area contributed by atoms with Gasteiger partial charge < -0.3 is 15.7 Å². The van der Waals surface area contributed by atoms with Crippen molar-refractivity contribution in [1.82, 2.24) is 10.0 Å². The molecule has 0 saturated heterocycles. The van der Waals surface area contributed by atoms with Crippen LogP contribution in [0.15, 0.2) is 93.5 Å². The number of sulfonamides is 1. The summed E-state index contributed by atoms with van der Waals surface area (Å²) in [5.41, 5.74) is -6.15. The Bertz CT molecular complexity index is 1560. The number of sulfone groups is 1. The molecule has 0 unspecified atom stereocenters. The largest absolute Gasteiger partial charge is 0.501 e. The Morgan fingerprint density at radius 2 is 1.51 bits per heavy atom. The minimum Gasteiger partial charge on any atom is -0.396 e. The molecular formula is C28H32F3N3O6S3. The minimum atomic E-state index is -6.00. The van der Waals surface area contributed by atoms with E-state index in [1.807, 2.05) is 30.3 Å². The van der Waals surface area contributed by atoms with Gasteiger partial charge in [0.15, 0.2) is 0 Å². The molecule has 0 aliphatic carbocycles. The maximum absolute atomic E-state index is 13.8. The maximum atomic E-state index is 13.8. The summed E-state index contributed by atoms with van der Waals surface area (Å²) in [5.74, 6) is -0.673. The van der Waals surface area contributed by atoms with Gasteiger partial charge >= 0.3 is 5.51 Å². The lowest BCUT2D eigenvalue weighted by Gasteiger charge is -2.23. The Balaban J connectivity index is 1.92. The Morgan fingerprint density at radius 1 is 0.884 bits per heavy atom. The fourth-order valence-corrected chi connectivity index (χ4v) is 6.91. The first-order chi connectivity index (χ1) is 20.3. The van der Waals surface area contributed by atoms with E-state index in [-0.39, 0.29) is 12.2 Å². The topological polar surface area (TPSA) is 142 Å². The number of hydrogen-bond acceptors (Lipinski definition) is 9. The van der Waals surface area contributed by atoms with Gasteiger partial charge in [0.2, 0.25) is 0 Å². The highest BCUT2D eigenvalue weighted by Gasteiger charge is 2.48. The maximum Gasteiger partial charge on any atom is 0.501 e. The summed E-state index contributed by atoms with van der Waals surface area (Å²) < 4.78 is 94.2. The molecule has 0 radical (unpaired) electrons. The summed E-state index contributed by atoms with van der Waals surface area (Å²) in [6, 6.07) is 18.3. The van der Waals surface area contributed by atoms with Gasteiger partial charge in [0.1, 0.15) is 4.90 Å². The molecule has 234 valence electrons. The van der Waals surface area contributed by atoms with E-state index in [1.54, 1.807) is 10.8 Å². The molecule has 0 bridgehead atoms. The third-order valence-electron chi connectivity index (χ3n) is 6.09. The van der Waals surface area contributed by atoms with Gasteiger partial charge in [-0.2, -0.15) is 13.2 Å². The number of thioether (sulfide) groups is 1. The number of aliphatic hydroxyl groups excluding tert-OH is 1. The zero-order valence-electron chi connectivity index (χ0n) is 22.9. The Labute approximate surface area is 253 Å². The van der Waals surface area contributed by atoms with E-state index in [0.717, 1.165) is 17.0 Å². The fourth-order valence-electron chi connectivity index (χ4n) is 3.90. The molecule has 0 heterocycles. The molecule has 3 rings (SSSR count). The molecule has 43 heavy (non-hydrogen) atoms. The van der Waals surface area contributed by atoms with Gasteiger partial charge in [0.05, 0.1) is 10.6 Å². The number of hydrogen-bond donors (Lipinski definition) is 4. The van der Waals surface area contributed by atoms with Crippen molar-refractivity contribution >= 4 is 43.2 Å². The third kappa shape index (κ3) is 9.96. The molecule has 0 fully saturated rings. The van der Waals surface area contributed by atoms with E-state index >= 15 is 0 Å². The molecule has 3 aromatic carbocycles. The van der Waals surface area contributed by atoms with Crippen molar-refractivity contribution in [1.29, 1.82) is 0 Å². The number of amides is 1. The summed E-state index contributed by atoms with van der Waals surface area (Å²) in [6.07, 6.45) is 1.58. The second-order valence-electron chi connectivity index (χ2n) is 9.34. The number of aliphatic hydroxyl groups is 1. The number of nitrogens with one attached hydrogen (secondary N) is 3. The van der Waals surface area contributed by atoms with Crippen LogP contribution in [-0.4, -0.2) is 64.8 Å². The zero-order chi connectivity index (χ0) is 31.5. The van der Waals surface area contributed by atoms with E-state index < -0.39 is 52.8 Å². The van der Waals surface area contributed by atoms with Gasteiger partial charge in [-0.05, 0) is 74.8 Å². The summed E-state index contributed by atoms with van der Waals surface area (Å²) in [6.45, 7) is 1.17. The highest BCUT2D eigenvalue weighted by molar-refractivity contribution is 7.99. The zero-order valence-corrected chi connectivity index (χ0v) is 25.3. The second-order valence-corrected chi connectivity index (χ2v) is 14.0. The van der Waals surface area contributed by atoms with Crippen LogP contribution in [0.4, 0.5) is 18.9 Å². The van der Waals surface area contributed by atoms with Gasteiger partial charge in [0, 0.05) is 28.9 Å². The molecule has 0 aromatic heterocycles. The van der Waals surface area contributed by atoms with Crippen molar-refractivity contribution < 1.29 is 39.9 Å². The molecule has 1 atom stereocenters. The summed E-state index contributed by atoms with van der Waals surface area (Å²) in [7, 11) is -10.7. The number of rotatable bonds is 16. The van der Waals surface area contributed by atoms with Crippen molar-refractivity contribution in [2.45, 2.75) is 45.5 Å². The van der Waals surface area contributed by atoms with E-state index in [1.165, 1.54) is 36.0 Å². The van der Waals surface area contributed by atoms with Crippen LogP contribution < -0.4 is 15.4 Å². The minimum absolute atomic E-state index is 0.0166. The van der Waals surface area contributed by atoms with Gasteiger partial charge in [-0.25, -0.2) is 21.6 Å². The highest BCUT2D eigenvalue weighted by atomic mass is 32.2. The van der Waals surface area contributed by atoms with Crippen LogP contribution in [0.5, 0.6) is 0 Å². The first kappa shape index (κ1) is 34.4. The highest BCUT2D eigenvalue weighted by Crippen LogP contribution is 2.36. The van der Waals surface area contributed by atoms with Crippen LogP contribution in [0.3, 0.4) is 0 Å². The predicted molar refractivity (Wildman–Crippen MR) is 159 cm³/mol. The normalized spacial score (nSPS) is 12.9. The molecule has 15 heteroatoms. The van der Waals surface area contributed by atoms with Crippen LogP contribution >= 0.6 is 11.8 Å². The van der Waals surface area contributed by atoms with Crippen molar-refractivity contribution in [3.05, 3.63) is 84.4 Å². The molecule has 0 saturated carbocycles. The standard InChI is InChI=1S/C28H32F3N3O6S3/c29-28(30,31)42(37,38)26-19-24(43(39,40)34-27(36)21-9-3-1-4-10-21)14-15-25(26)33-22(11-7-16-32-17-8-18-35)20-41-23-12-5-2-6-13-23/h1-6,9-10,12-15,19,22,32-33,35H,7-8,11,16-18,20H2,(H,34,36)/t22-/m1/s1. The lowest BCUT2D eigenvalue weighted by atomic mass is 10.1. The molecule has 0 spiro atoms. The monoisotopic (exact) mass is 659 g/mol.